The maximum Gasteiger partial charge on any atom is 0.252 e. The van der Waals surface area contributed by atoms with E-state index in [0.717, 1.165) is 30.9 Å². The van der Waals surface area contributed by atoms with Gasteiger partial charge in [-0.05, 0) is 42.1 Å². The largest absolute Gasteiger partial charge is 0.352 e. The van der Waals surface area contributed by atoms with E-state index in [4.69, 9.17) is 0 Å². The van der Waals surface area contributed by atoms with Crippen molar-refractivity contribution in [3.63, 3.8) is 0 Å². The smallest absolute Gasteiger partial charge is 0.252 e. The molecule has 0 bridgehead atoms. The molecule has 0 radical (unpaired) electrons. The first-order chi connectivity index (χ1) is 9.29. The van der Waals surface area contributed by atoms with Crippen LogP contribution in [0.4, 0.5) is 0 Å². The van der Waals surface area contributed by atoms with Gasteiger partial charge < -0.3 is 5.32 Å². The number of rotatable bonds is 3. The van der Waals surface area contributed by atoms with Crippen molar-refractivity contribution in [1.29, 1.82) is 0 Å². The molecular weight excluding hydrogens is 266 g/mol. The summed E-state index contributed by atoms with van der Waals surface area (Å²) in [5.74, 6) is 1.35. The number of carbonyl (C=O) groups is 1. The molecule has 0 saturated heterocycles. The fourth-order valence-corrected chi connectivity index (χ4v) is 4.00. The van der Waals surface area contributed by atoms with Crippen molar-refractivity contribution in [2.45, 2.75) is 53.9 Å². The molecule has 1 N–H and O–H groups in total. The lowest BCUT2D eigenvalue weighted by molar-refractivity contribution is 0.0948. The minimum absolute atomic E-state index is 0.116. The fourth-order valence-electron chi connectivity index (χ4n) is 2.83. The Bertz CT molecular complexity index is 482. The molecule has 1 atom stereocenters. The van der Waals surface area contributed by atoms with Crippen molar-refractivity contribution in [3.8, 4) is 0 Å². The lowest BCUT2D eigenvalue weighted by atomic mass is 9.72. The fraction of sp³-hybridized carbons (Fsp3) is 0.706. The molecule has 0 saturated carbocycles. The van der Waals surface area contributed by atoms with Gasteiger partial charge in [-0.15, -0.1) is 11.3 Å². The molecule has 0 fully saturated rings. The zero-order chi connectivity index (χ0) is 14.9. The minimum atomic E-state index is 0.116. The van der Waals surface area contributed by atoms with Crippen molar-refractivity contribution in [1.82, 2.24) is 5.32 Å². The Balaban J connectivity index is 2.10. The van der Waals surface area contributed by atoms with Crippen LogP contribution in [0.25, 0.3) is 0 Å². The highest BCUT2D eigenvalue weighted by molar-refractivity contribution is 7.10. The van der Waals surface area contributed by atoms with Crippen molar-refractivity contribution >= 4 is 17.2 Å². The van der Waals surface area contributed by atoms with Gasteiger partial charge in [-0.25, -0.2) is 0 Å². The quantitative estimate of drug-likeness (QED) is 0.885. The monoisotopic (exact) mass is 293 g/mol. The van der Waals surface area contributed by atoms with Gasteiger partial charge in [-0.1, -0.05) is 34.6 Å². The summed E-state index contributed by atoms with van der Waals surface area (Å²) in [4.78, 5) is 13.7. The number of hydrogen-bond donors (Lipinski definition) is 1. The number of hydrogen-bond acceptors (Lipinski definition) is 2. The second-order valence-electron chi connectivity index (χ2n) is 7.46. The Morgan fingerprint density at radius 1 is 1.45 bits per heavy atom. The third-order valence-electron chi connectivity index (χ3n) is 4.30. The van der Waals surface area contributed by atoms with Gasteiger partial charge in [-0.2, -0.15) is 0 Å². The predicted octanol–water partition coefficient (Wildman–Crippen LogP) is 4.28. The molecule has 0 aliphatic heterocycles. The van der Waals surface area contributed by atoms with Crippen LogP contribution in [0.2, 0.25) is 0 Å². The van der Waals surface area contributed by atoms with Gasteiger partial charge >= 0.3 is 0 Å². The third kappa shape index (κ3) is 3.43. The summed E-state index contributed by atoms with van der Waals surface area (Å²) in [6.45, 7) is 12.0. The van der Waals surface area contributed by atoms with Crippen LogP contribution in [-0.2, 0) is 12.8 Å². The summed E-state index contributed by atoms with van der Waals surface area (Å²) < 4.78 is 0. The normalized spacial score (nSPS) is 19.0. The van der Waals surface area contributed by atoms with Crippen molar-refractivity contribution in [2.75, 3.05) is 6.54 Å². The summed E-state index contributed by atoms with van der Waals surface area (Å²) in [6, 6.07) is 0. The Labute approximate surface area is 127 Å². The summed E-state index contributed by atoms with van der Waals surface area (Å²) in [5, 5.41) is 5.10. The standard InChI is InChI=1S/C17H27NOS/c1-11(2)9-18-16(19)14-10-20-15-8-12(17(3,4)5)6-7-13(14)15/h10-12H,6-9H2,1-5H3,(H,18,19). The van der Waals surface area contributed by atoms with Crippen LogP contribution in [-0.4, -0.2) is 12.5 Å². The third-order valence-corrected chi connectivity index (χ3v) is 5.35. The average molecular weight is 293 g/mol. The molecule has 0 aromatic carbocycles. The van der Waals surface area contributed by atoms with Gasteiger partial charge in [0.1, 0.15) is 0 Å². The average Bonchev–Trinajstić information content (AvgIpc) is 2.77. The maximum absolute atomic E-state index is 12.3. The Morgan fingerprint density at radius 2 is 2.15 bits per heavy atom. The van der Waals surface area contributed by atoms with E-state index in [9.17, 15) is 4.79 Å². The molecule has 1 aromatic rings. The van der Waals surface area contributed by atoms with Crippen molar-refractivity contribution < 1.29 is 4.79 Å². The first kappa shape index (κ1) is 15.6. The van der Waals surface area contributed by atoms with Crippen LogP contribution < -0.4 is 5.32 Å². The van der Waals surface area contributed by atoms with Gasteiger partial charge in [0.15, 0.2) is 0 Å². The number of carbonyl (C=O) groups excluding carboxylic acids is 1. The molecule has 20 heavy (non-hydrogen) atoms. The molecule has 0 spiro atoms. The zero-order valence-electron chi connectivity index (χ0n) is 13.4. The topological polar surface area (TPSA) is 29.1 Å². The van der Waals surface area contributed by atoms with E-state index >= 15 is 0 Å². The van der Waals surface area contributed by atoms with Crippen LogP contribution in [0, 0.1) is 17.3 Å². The van der Waals surface area contributed by atoms with Gasteiger partial charge in [0.25, 0.3) is 5.91 Å². The van der Waals surface area contributed by atoms with E-state index in [1.807, 2.05) is 0 Å². The summed E-state index contributed by atoms with van der Waals surface area (Å²) in [6.07, 6.45) is 3.41. The molecule has 1 amide bonds. The molecular formula is C17H27NOS. The van der Waals surface area contributed by atoms with E-state index < -0.39 is 0 Å². The minimum Gasteiger partial charge on any atom is -0.352 e. The van der Waals surface area contributed by atoms with Crippen LogP contribution in [0.15, 0.2) is 5.38 Å². The number of fused-ring (bicyclic) bond motifs is 1. The predicted molar refractivity (Wildman–Crippen MR) is 86.5 cm³/mol. The van der Waals surface area contributed by atoms with E-state index in [-0.39, 0.29) is 5.91 Å². The van der Waals surface area contributed by atoms with Gasteiger partial charge in [-0.3, -0.25) is 4.79 Å². The summed E-state index contributed by atoms with van der Waals surface area (Å²) >= 11 is 1.77. The molecule has 2 nitrogen and oxygen atoms in total. The zero-order valence-corrected chi connectivity index (χ0v) is 14.2. The van der Waals surface area contributed by atoms with Crippen LogP contribution >= 0.6 is 11.3 Å². The highest BCUT2D eigenvalue weighted by Gasteiger charge is 2.31. The molecule has 1 aliphatic rings. The molecule has 2 rings (SSSR count). The summed E-state index contributed by atoms with van der Waals surface area (Å²) in [7, 11) is 0. The van der Waals surface area contributed by atoms with Gasteiger partial charge in [0.05, 0.1) is 5.56 Å². The van der Waals surface area contributed by atoms with Gasteiger partial charge in [0.2, 0.25) is 0 Å². The maximum atomic E-state index is 12.3. The lowest BCUT2D eigenvalue weighted by Crippen LogP contribution is -2.29. The van der Waals surface area contributed by atoms with E-state index in [1.165, 1.54) is 16.9 Å². The lowest BCUT2D eigenvalue weighted by Gasteiger charge is -2.34. The SMILES string of the molecule is CC(C)CNC(=O)c1csc2c1CCC(C(C)(C)C)C2. The van der Waals surface area contributed by atoms with Crippen LogP contribution in [0.5, 0.6) is 0 Å². The molecule has 112 valence electrons. The first-order valence-corrected chi connectivity index (χ1v) is 8.54. The highest BCUT2D eigenvalue weighted by Crippen LogP contribution is 2.40. The number of amides is 1. The number of thiophene rings is 1. The van der Waals surface area contributed by atoms with Crippen LogP contribution in [0.1, 0.15) is 61.8 Å². The summed E-state index contributed by atoms with van der Waals surface area (Å²) in [5.41, 5.74) is 2.61. The van der Waals surface area contributed by atoms with Crippen molar-refractivity contribution in [2.24, 2.45) is 17.3 Å². The molecule has 3 heteroatoms. The number of nitrogens with one attached hydrogen (secondary N) is 1. The molecule has 1 aliphatic carbocycles. The van der Waals surface area contributed by atoms with Gasteiger partial charge in [0, 0.05) is 16.8 Å². The molecule has 1 unspecified atom stereocenters. The first-order valence-electron chi connectivity index (χ1n) is 7.66. The molecule has 1 aromatic heterocycles. The van der Waals surface area contributed by atoms with E-state index in [2.05, 4.69) is 45.3 Å². The highest BCUT2D eigenvalue weighted by atomic mass is 32.1. The molecule has 1 heterocycles. The Hall–Kier alpha value is -0.830. The van der Waals surface area contributed by atoms with Crippen molar-refractivity contribution in [3.05, 3.63) is 21.4 Å². The Morgan fingerprint density at radius 3 is 2.75 bits per heavy atom. The second-order valence-corrected chi connectivity index (χ2v) is 8.42. The van der Waals surface area contributed by atoms with E-state index in [0.29, 0.717) is 11.3 Å². The van der Waals surface area contributed by atoms with E-state index in [1.54, 1.807) is 11.3 Å². The Kier molecular flexibility index (Phi) is 4.58. The second kappa shape index (κ2) is 5.88. The van der Waals surface area contributed by atoms with Crippen LogP contribution in [0.3, 0.4) is 0 Å².